The Morgan fingerprint density at radius 1 is 1.15 bits per heavy atom. The average molecular weight is 484 g/mol. The summed E-state index contributed by atoms with van der Waals surface area (Å²) < 4.78 is 17.0. The van der Waals surface area contributed by atoms with E-state index < -0.39 is 18.0 Å². The Morgan fingerprint density at radius 2 is 1.94 bits per heavy atom. The number of H-pyrrole nitrogens is 1. The standard InChI is InChI=1S/C23H22ClN5O5/c1-14-19(24)22-26-21(28-29(22)27-14)17-9-6-10-18(11-17)25-12-32-13-33-23(31)20(34-15(2)30)16-7-4-3-5-8-16/h3-11,20,25H,12-13H2,1-2H3,(H,26,28). The van der Waals surface area contributed by atoms with Crippen LogP contribution in [0.3, 0.4) is 0 Å². The molecule has 2 N–H and O–H groups in total. The van der Waals surface area contributed by atoms with E-state index in [-0.39, 0.29) is 13.5 Å². The maximum absolute atomic E-state index is 12.4. The first-order chi connectivity index (χ1) is 16.4. The quantitative estimate of drug-likeness (QED) is 0.209. The molecule has 0 amide bonds. The number of rotatable bonds is 9. The van der Waals surface area contributed by atoms with E-state index in [9.17, 15) is 9.59 Å². The smallest absolute Gasteiger partial charge is 0.354 e. The van der Waals surface area contributed by atoms with E-state index in [1.807, 2.05) is 31.2 Å². The Labute approximate surface area is 199 Å². The second-order valence-corrected chi connectivity index (χ2v) is 7.68. The lowest BCUT2D eigenvalue weighted by atomic mass is 10.1. The molecule has 0 fully saturated rings. The van der Waals surface area contributed by atoms with Crippen molar-refractivity contribution in [1.29, 1.82) is 0 Å². The number of halogens is 1. The monoisotopic (exact) mass is 483 g/mol. The molecule has 0 aliphatic heterocycles. The molecule has 4 aromatic rings. The number of aryl methyl sites for hydroxylation is 1. The van der Waals surface area contributed by atoms with Gasteiger partial charge in [0.2, 0.25) is 6.10 Å². The van der Waals surface area contributed by atoms with Crippen LogP contribution in [0, 0.1) is 6.92 Å². The van der Waals surface area contributed by atoms with Crippen molar-refractivity contribution in [2.75, 3.05) is 18.8 Å². The van der Waals surface area contributed by atoms with Crippen molar-refractivity contribution in [3.05, 3.63) is 70.9 Å². The van der Waals surface area contributed by atoms with Crippen LogP contribution in [0.2, 0.25) is 5.02 Å². The molecule has 0 aliphatic rings. The molecule has 10 nitrogen and oxygen atoms in total. The minimum absolute atomic E-state index is 0.0762. The second kappa shape index (κ2) is 10.4. The molecular formula is C23H22ClN5O5. The summed E-state index contributed by atoms with van der Waals surface area (Å²) in [5.41, 5.74) is 3.42. The van der Waals surface area contributed by atoms with Gasteiger partial charge in [0.15, 0.2) is 18.3 Å². The maximum Gasteiger partial charge on any atom is 0.354 e. The summed E-state index contributed by atoms with van der Waals surface area (Å²) in [6, 6.07) is 16.1. The van der Waals surface area contributed by atoms with Crippen LogP contribution in [0.5, 0.6) is 0 Å². The van der Waals surface area contributed by atoms with Crippen molar-refractivity contribution >= 4 is 34.9 Å². The molecule has 0 spiro atoms. The minimum atomic E-state index is -1.15. The zero-order valence-corrected chi connectivity index (χ0v) is 19.2. The highest BCUT2D eigenvalue weighted by Gasteiger charge is 2.25. The molecule has 1 unspecified atom stereocenters. The summed E-state index contributed by atoms with van der Waals surface area (Å²) in [6.07, 6.45) is -1.15. The predicted molar refractivity (Wildman–Crippen MR) is 124 cm³/mol. The van der Waals surface area contributed by atoms with E-state index >= 15 is 0 Å². The maximum atomic E-state index is 12.4. The molecule has 4 rings (SSSR count). The Bertz CT molecular complexity index is 1300. The van der Waals surface area contributed by atoms with E-state index in [4.69, 9.17) is 25.8 Å². The molecule has 176 valence electrons. The van der Waals surface area contributed by atoms with Crippen LogP contribution in [0.15, 0.2) is 54.6 Å². The number of ether oxygens (including phenoxy) is 3. The molecule has 0 saturated carbocycles. The molecule has 0 bridgehead atoms. The third kappa shape index (κ3) is 5.36. The van der Waals surface area contributed by atoms with Gasteiger partial charge in [0.1, 0.15) is 11.8 Å². The van der Waals surface area contributed by atoms with E-state index in [1.165, 1.54) is 11.6 Å². The van der Waals surface area contributed by atoms with Gasteiger partial charge in [-0.2, -0.15) is 5.10 Å². The van der Waals surface area contributed by atoms with E-state index in [0.29, 0.717) is 27.8 Å². The van der Waals surface area contributed by atoms with Crippen molar-refractivity contribution in [3.63, 3.8) is 0 Å². The molecule has 2 aromatic carbocycles. The van der Waals surface area contributed by atoms with Crippen molar-refractivity contribution in [3.8, 4) is 11.4 Å². The topological polar surface area (TPSA) is 120 Å². The molecule has 0 aliphatic carbocycles. The van der Waals surface area contributed by atoms with Crippen molar-refractivity contribution < 1.29 is 23.8 Å². The number of hydrogen-bond acceptors (Lipinski definition) is 8. The normalized spacial score (nSPS) is 11.9. The molecule has 2 aromatic heterocycles. The molecule has 0 radical (unpaired) electrons. The number of nitrogens with zero attached hydrogens (tertiary/aromatic N) is 3. The SMILES string of the molecule is CC(=O)OC(C(=O)OCOCNc1cccc(-c2nn3nc(C)c(Cl)c3[nH]2)c1)c1ccccc1. The van der Waals surface area contributed by atoms with Crippen LogP contribution in [0.4, 0.5) is 5.69 Å². The van der Waals surface area contributed by atoms with Gasteiger partial charge in [-0.25, -0.2) is 4.79 Å². The average Bonchev–Trinajstić information content (AvgIpc) is 3.36. The summed E-state index contributed by atoms with van der Waals surface area (Å²) in [5.74, 6) is -0.698. The highest BCUT2D eigenvalue weighted by molar-refractivity contribution is 6.34. The summed E-state index contributed by atoms with van der Waals surface area (Å²) in [5, 5.41) is 12.3. The van der Waals surface area contributed by atoms with E-state index in [0.717, 1.165) is 11.3 Å². The van der Waals surface area contributed by atoms with Crippen LogP contribution in [0.1, 0.15) is 24.3 Å². The van der Waals surface area contributed by atoms with Crippen LogP contribution in [-0.2, 0) is 23.8 Å². The van der Waals surface area contributed by atoms with Crippen LogP contribution in [-0.4, -0.2) is 45.3 Å². The number of aromatic amines is 1. The third-order valence-corrected chi connectivity index (χ3v) is 5.25. The zero-order chi connectivity index (χ0) is 24.1. The first kappa shape index (κ1) is 23.3. The number of benzene rings is 2. The van der Waals surface area contributed by atoms with Gasteiger partial charge in [-0.05, 0) is 19.1 Å². The van der Waals surface area contributed by atoms with Crippen LogP contribution >= 0.6 is 11.6 Å². The number of hydrogen-bond donors (Lipinski definition) is 2. The lowest BCUT2D eigenvalue weighted by molar-refractivity contribution is -0.175. The number of anilines is 1. The fraction of sp³-hybridized carbons (Fsp3) is 0.217. The Kier molecular flexibility index (Phi) is 7.09. The van der Waals surface area contributed by atoms with Crippen molar-refractivity contribution in [1.82, 2.24) is 19.8 Å². The second-order valence-electron chi connectivity index (χ2n) is 7.30. The van der Waals surface area contributed by atoms with E-state index in [1.54, 1.807) is 30.3 Å². The highest BCUT2D eigenvalue weighted by Crippen LogP contribution is 2.25. The summed E-state index contributed by atoms with van der Waals surface area (Å²) >= 11 is 6.23. The number of carbonyl (C=O) groups excluding carboxylic acids is 2. The molecule has 0 saturated heterocycles. The summed E-state index contributed by atoms with van der Waals surface area (Å²) in [4.78, 5) is 26.9. The third-order valence-electron chi connectivity index (χ3n) is 4.80. The van der Waals surface area contributed by atoms with Gasteiger partial charge >= 0.3 is 11.9 Å². The number of carbonyl (C=O) groups is 2. The van der Waals surface area contributed by atoms with Crippen LogP contribution < -0.4 is 5.32 Å². The number of aromatic nitrogens is 4. The summed E-state index contributed by atoms with van der Waals surface area (Å²) in [6.45, 7) is 2.80. The first-order valence-corrected chi connectivity index (χ1v) is 10.7. The van der Waals surface area contributed by atoms with Crippen molar-refractivity contribution in [2.45, 2.75) is 20.0 Å². The van der Waals surface area contributed by atoms with Gasteiger partial charge < -0.3 is 24.5 Å². The zero-order valence-electron chi connectivity index (χ0n) is 18.4. The predicted octanol–water partition coefficient (Wildman–Crippen LogP) is 3.88. The van der Waals surface area contributed by atoms with Gasteiger partial charge in [0.25, 0.3) is 0 Å². The lowest BCUT2D eigenvalue weighted by Crippen LogP contribution is -2.22. The molecule has 34 heavy (non-hydrogen) atoms. The molecule has 11 heteroatoms. The summed E-state index contributed by atoms with van der Waals surface area (Å²) in [7, 11) is 0. The first-order valence-electron chi connectivity index (χ1n) is 10.3. The Hall–Kier alpha value is -3.89. The molecular weight excluding hydrogens is 462 g/mol. The highest BCUT2D eigenvalue weighted by atomic mass is 35.5. The van der Waals surface area contributed by atoms with Gasteiger partial charge in [0, 0.05) is 23.7 Å². The fourth-order valence-electron chi connectivity index (χ4n) is 3.21. The van der Waals surface area contributed by atoms with Gasteiger partial charge in [-0.3, -0.25) is 4.79 Å². The number of nitrogens with one attached hydrogen (secondary N) is 2. The van der Waals surface area contributed by atoms with Crippen molar-refractivity contribution in [2.24, 2.45) is 0 Å². The fourth-order valence-corrected chi connectivity index (χ4v) is 3.37. The van der Waals surface area contributed by atoms with Gasteiger partial charge in [-0.15, -0.1) is 9.73 Å². The largest absolute Gasteiger partial charge is 0.446 e. The van der Waals surface area contributed by atoms with Gasteiger partial charge in [0.05, 0.1) is 5.69 Å². The Morgan fingerprint density at radius 3 is 2.68 bits per heavy atom. The van der Waals surface area contributed by atoms with E-state index in [2.05, 4.69) is 20.5 Å². The minimum Gasteiger partial charge on any atom is -0.446 e. The number of esters is 2. The number of fused-ring (bicyclic) bond motifs is 1. The van der Waals surface area contributed by atoms with Gasteiger partial charge in [-0.1, -0.05) is 54.1 Å². The van der Waals surface area contributed by atoms with Crippen LogP contribution in [0.25, 0.3) is 17.0 Å². The molecule has 2 heterocycles. The lowest BCUT2D eigenvalue weighted by Gasteiger charge is -2.16. The molecule has 1 atom stereocenters. The Balaban J connectivity index is 1.29.